The molecule has 29 heavy (non-hydrogen) atoms. The van der Waals surface area contributed by atoms with Crippen molar-refractivity contribution in [3.05, 3.63) is 63.0 Å². The van der Waals surface area contributed by atoms with Gasteiger partial charge in [-0.2, -0.15) is 5.10 Å². The molecular weight excluding hydrogens is 504 g/mol. The van der Waals surface area contributed by atoms with Gasteiger partial charge in [-0.25, -0.2) is 5.43 Å². The second-order valence-electron chi connectivity index (χ2n) is 5.99. The van der Waals surface area contributed by atoms with Crippen LogP contribution < -0.4 is 14.9 Å². The van der Waals surface area contributed by atoms with Crippen molar-refractivity contribution in [1.82, 2.24) is 5.43 Å². The van der Waals surface area contributed by atoms with E-state index in [-0.39, 0.29) is 12.4 Å². The number of carbonyl (C=O) groups excluding carboxylic acids is 1. The number of phenols is 1. The first-order chi connectivity index (χ1) is 14.0. The predicted octanol–water partition coefficient (Wildman–Crippen LogP) is 5.00. The highest BCUT2D eigenvalue weighted by atomic mass is 79.9. The molecule has 0 bridgehead atoms. The molecule has 0 fully saturated rings. The SMILES string of the molecule is CCOc1cc(/C=N/NC(=O)COc2ccc3cc(Br)ccc3c2Br)ccc1O. The lowest BCUT2D eigenvalue weighted by molar-refractivity contribution is -0.123. The van der Waals surface area contributed by atoms with Gasteiger partial charge < -0.3 is 14.6 Å². The molecule has 3 rings (SSSR count). The van der Waals surface area contributed by atoms with E-state index < -0.39 is 5.91 Å². The van der Waals surface area contributed by atoms with E-state index in [1.54, 1.807) is 18.2 Å². The van der Waals surface area contributed by atoms with Crippen LogP contribution in [0.5, 0.6) is 17.2 Å². The van der Waals surface area contributed by atoms with Crippen LogP contribution in [0.4, 0.5) is 0 Å². The summed E-state index contributed by atoms with van der Waals surface area (Å²) in [5, 5.41) is 15.6. The monoisotopic (exact) mass is 520 g/mol. The summed E-state index contributed by atoms with van der Waals surface area (Å²) < 4.78 is 12.7. The van der Waals surface area contributed by atoms with Gasteiger partial charge >= 0.3 is 0 Å². The molecule has 0 unspecified atom stereocenters. The molecule has 6 nitrogen and oxygen atoms in total. The smallest absolute Gasteiger partial charge is 0.277 e. The molecule has 0 aliphatic heterocycles. The third-order valence-electron chi connectivity index (χ3n) is 3.93. The van der Waals surface area contributed by atoms with Gasteiger partial charge in [-0.3, -0.25) is 4.79 Å². The van der Waals surface area contributed by atoms with E-state index in [4.69, 9.17) is 9.47 Å². The summed E-state index contributed by atoms with van der Waals surface area (Å²) in [7, 11) is 0. The highest BCUT2D eigenvalue weighted by Crippen LogP contribution is 2.34. The Bertz CT molecular complexity index is 1070. The van der Waals surface area contributed by atoms with Crippen molar-refractivity contribution in [3.8, 4) is 17.2 Å². The maximum Gasteiger partial charge on any atom is 0.277 e. The van der Waals surface area contributed by atoms with Crippen LogP contribution in [0.1, 0.15) is 12.5 Å². The van der Waals surface area contributed by atoms with Crippen molar-refractivity contribution in [2.45, 2.75) is 6.92 Å². The number of nitrogens with one attached hydrogen (secondary N) is 1. The third-order valence-corrected chi connectivity index (χ3v) is 5.24. The number of benzene rings is 3. The van der Waals surface area contributed by atoms with Gasteiger partial charge in [0.15, 0.2) is 18.1 Å². The minimum absolute atomic E-state index is 0.0507. The standard InChI is InChI=1S/C21H18Br2N2O4/c1-2-28-19-9-13(3-7-17(19)26)11-24-25-20(27)12-29-18-8-4-14-10-15(22)5-6-16(14)21(18)23/h3-11,26H,2,12H2,1H3,(H,25,27)/b24-11+. The van der Waals surface area contributed by atoms with E-state index in [0.717, 1.165) is 19.7 Å². The first-order valence-corrected chi connectivity index (χ1v) is 10.3. The Balaban J connectivity index is 1.58. The van der Waals surface area contributed by atoms with Crippen molar-refractivity contribution in [2.24, 2.45) is 5.10 Å². The number of aromatic hydroxyl groups is 1. The fourth-order valence-electron chi connectivity index (χ4n) is 2.59. The Morgan fingerprint density at radius 2 is 1.93 bits per heavy atom. The molecule has 3 aromatic rings. The lowest BCUT2D eigenvalue weighted by atomic mass is 10.1. The predicted molar refractivity (Wildman–Crippen MR) is 120 cm³/mol. The van der Waals surface area contributed by atoms with Crippen LogP contribution in [-0.2, 0) is 4.79 Å². The molecule has 0 atom stereocenters. The van der Waals surface area contributed by atoms with Crippen LogP contribution >= 0.6 is 31.9 Å². The highest BCUT2D eigenvalue weighted by Gasteiger charge is 2.09. The molecule has 0 heterocycles. The normalized spacial score (nSPS) is 11.0. The zero-order chi connectivity index (χ0) is 20.8. The number of ether oxygens (including phenoxy) is 2. The highest BCUT2D eigenvalue weighted by molar-refractivity contribution is 9.11. The van der Waals surface area contributed by atoms with E-state index in [0.29, 0.717) is 23.7 Å². The largest absolute Gasteiger partial charge is 0.504 e. The zero-order valence-electron chi connectivity index (χ0n) is 15.5. The van der Waals surface area contributed by atoms with Gasteiger partial charge in [-0.1, -0.05) is 28.1 Å². The van der Waals surface area contributed by atoms with Crippen LogP contribution in [0.15, 0.2) is 62.6 Å². The Morgan fingerprint density at radius 1 is 1.10 bits per heavy atom. The van der Waals surface area contributed by atoms with Crippen LogP contribution in [0.3, 0.4) is 0 Å². The number of halogens is 2. The van der Waals surface area contributed by atoms with E-state index in [9.17, 15) is 9.90 Å². The molecule has 0 saturated carbocycles. The molecule has 1 amide bonds. The number of hydrogen-bond acceptors (Lipinski definition) is 5. The van der Waals surface area contributed by atoms with Crippen LogP contribution in [0.25, 0.3) is 10.8 Å². The number of nitrogens with zero attached hydrogens (tertiary/aromatic N) is 1. The number of carbonyl (C=O) groups is 1. The summed E-state index contributed by atoms with van der Waals surface area (Å²) in [6.07, 6.45) is 1.46. The molecule has 0 spiro atoms. The summed E-state index contributed by atoms with van der Waals surface area (Å²) in [6, 6.07) is 14.5. The molecule has 3 aromatic carbocycles. The van der Waals surface area contributed by atoms with Crippen LogP contribution in [0, 0.1) is 0 Å². The average Bonchev–Trinajstić information content (AvgIpc) is 2.70. The Kier molecular flexibility index (Phi) is 7.11. The van der Waals surface area contributed by atoms with Gasteiger partial charge in [0.25, 0.3) is 5.91 Å². The zero-order valence-corrected chi connectivity index (χ0v) is 18.7. The minimum Gasteiger partial charge on any atom is -0.504 e. The van der Waals surface area contributed by atoms with Crippen molar-refractivity contribution in [1.29, 1.82) is 0 Å². The van der Waals surface area contributed by atoms with E-state index in [2.05, 4.69) is 42.4 Å². The number of hydrazone groups is 1. The first kappa shape index (κ1) is 21.1. The summed E-state index contributed by atoms with van der Waals surface area (Å²) in [5.74, 6) is 0.584. The van der Waals surface area contributed by atoms with Crippen molar-refractivity contribution in [3.63, 3.8) is 0 Å². The molecule has 8 heteroatoms. The van der Waals surface area contributed by atoms with E-state index in [1.165, 1.54) is 12.3 Å². The van der Waals surface area contributed by atoms with Gasteiger partial charge in [-0.05, 0) is 75.6 Å². The third kappa shape index (κ3) is 5.48. The van der Waals surface area contributed by atoms with Gasteiger partial charge in [0.05, 0.1) is 17.3 Å². The Hall–Kier alpha value is -2.58. The first-order valence-electron chi connectivity index (χ1n) is 8.76. The summed E-state index contributed by atoms with van der Waals surface area (Å²) in [4.78, 5) is 12.0. The van der Waals surface area contributed by atoms with Crippen molar-refractivity contribution in [2.75, 3.05) is 13.2 Å². The molecule has 0 radical (unpaired) electrons. The van der Waals surface area contributed by atoms with Crippen molar-refractivity contribution >= 4 is 54.8 Å². The van der Waals surface area contributed by atoms with Gasteiger partial charge in [-0.15, -0.1) is 0 Å². The summed E-state index contributed by atoms with van der Waals surface area (Å²) >= 11 is 6.98. The molecule has 0 aliphatic carbocycles. The second-order valence-corrected chi connectivity index (χ2v) is 7.69. The number of rotatable bonds is 7. The molecule has 2 N–H and O–H groups in total. The van der Waals surface area contributed by atoms with E-state index in [1.807, 2.05) is 31.2 Å². The van der Waals surface area contributed by atoms with Gasteiger partial charge in [0, 0.05) is 4.47 Å². The topological polar surface area (TPSA) is 80.2 Å². The average molecular weight is 522 g/mol. The molecule has 150 valence electrons. The van der Waals surface area contributed by atoms with Gasteiger partial charge in [0.1, 0.15) is 5.75 Å². The molecule has 0 aromatic heterocycles. The molecular formula is C21H18Br2N2O4. The Morgan fingerprint density at radius 3 is 2.72 bits per heavy atom. The maximum atomic E-state index is 12.0. The lowest BCUT2D eigenvalue weighted by Gasteiger charge is -2.10. The van der Waals surface area contributed by atoms with E-state index >= 15 is 0 Å². The summed E-state index contributed by atoms with van der Waals surface area (Å²) in [6.45, 7) is 2.08. The quantitative estimate of drug-likeness (QED) is 0.339. The second kappa shape index (κ2) is 9.76. The van der Waals surface area contributed by atoms with Crippen molar-refractivity contribution < 1.29 is 19.4 Å². The number of amides is 1. The fraction of sp³-hybridized carbons (Fsp3) is 0.143. The molecule has 0 aliphatic rings. The summed E-state index contributed by atoms with van der Waals surface area (Å²) in [5.41, 5.74) is 3.09. The number of fused-ring (bicyclic) bond motifs is 1. The fourth-order valence-corrected chi connectivity index (χ4v) is 3.58. The minimum atomic E-state index is -0.395. The lowest BCUT2D eigenvalue weighted by Crippen LogP contribution is -2.24. The van der Waals surface area contributed by atoms with Gasteiger partial charge in [0.2, 0.25) is 0 Å². The maximum absolute atomic E-state index is 12.0. The van der Waals surface area contributed by atoms with Crippen LogP contribution in [-0.4, -0.2) is 30.4 Å². The molecule has 0 saturated heterocycles. The number of phenolic OH excluding ortho intramolecular Hbond substituents is 1. The van der Waals surface area contributed by atoms with Crippen LogP contribution in [0.2, 0.25) is 0 Å². The number of hydrogen-bond donors (Lipinski definition) is 2. The Labute approximate surface area is 184 Å².